The molecule has 0 fully saturated rings. The molecule has 0 radical (unpaired) electrons. The Morgan fingerprint density at radius 2 is 2.00 bits per heavy atom. The molecule has 0 saturated carbocycles. The maximum Gasteiger partial charge on any atom is 0.0666 e. The van der Waals surface area contributed by atoms with Gasteiger partial charge >= 0.3 is 0 Å². The molecular formula is C8H17N3. The summed E-state index contributed by atoms with van der Waals surface area (Å²) in [4.78, 5) is 0. The van der Waals surface area contributed by atoms with E-state index in [1.54, 1.807) is 0 Å². The molecule has 0 rings (SSSR count). The van der Waals surface area contributed by atoms with Gasteiger partial charge in [0.1, 0.15) is 0 Å². The summed E-state index contributed by atoms with van der Waals surface area (Å²) in [5, 5.41) is 8.45. The average Bonchev–Trinajstić information content (AvgIpc) is 1.85. The molecular weight excluding hydrogens is 138 g/mol. The Balaban J connectivity index is 3.37. The van der Waals surface area contributed by atoms with E-state index in [1.807, 2.05) is 6.92 Å². The zero-order valence-electron chi connectivity index (χ0n) is 7.73. The fourth-order valence-corrected chi connectivity index (χ4v) is 0.515. The van der Waals surface area contributed by atoms with E-state index in [2.05, 4.69) is 37.7 Å². The SMILES string of the molecule is CC(C#N)CNNC(C)(C)C. The van der Waals surface area contributed by atoms with Crippen LogP contribution in [0.2, 0.25) is 0 Å². The van der Waals surface area contributed by atoms with Gasteiger partial charge in [0.15, 0.2) is 0 Å². The normalized spacial score (nSPS) is 14.1. The summed E-state index contributed by atoms with van der Waals surface area (Å²) in [5.41, 5.74) is 6.15. The Morgan fingerprint density at radius 3 is 2.36 bits per heavy atom. The first-order valence-corrected chi connectivity index (χ1v) is 3.85. The summed E-state index contributed by atoms with van der Waals surface area (Å²) in [7, 11) is 0. The van der Waals surface area contributed by atoms with Gasteiger partial charge in [0.2, 0.25) is 0 Å². The summed E-state index contributed by atoms with van der Waals surface area (Å²) in [6, 6.07) is 2.15. The fraction of sp³-hybridized carbons (Fsp3) is 0.875. The molecule has 0 aromatic carbocycles. The number of hydrazine groups is 1. The van der Waals surface area contributed by atoms with Crippen molar-refractivity contribution in [2.45, 2.75) is 33.2 Å². The van der Waals surface area contributed by atoms with Crippen molar-refractivity contribution in [3.05, 3.63) is 0 Å². The number of hydrogen-bond donors (Lipinski definition) is 2. The summed E-state index contributed by atoms with van der Waals surface area (Å²) < 4.78 is 0. The second-order valence-electron chi connectivity index (χ2n) is 3.79. The van der Waals surface area contributed by atoms with Gasteiger partial charge in [-0.2, -0.15) is 5.26 Å². The van der Waals surface area contributed by atoms with Crippen molar-refractivity contribution in [2.75, 3.05) is 6.54 Å². The molecule has 0 aromatic heterocycles. The van der Waals surface area contributed by atoms with Crippen LogP contribution < -0.4 is 10.9 Å². The van der Waals surface area contributed by atoms with E-state index in [1.165, 1.54) is 0 Å². The van der Waals surface area contributed by atoms with Crippen LogP contribution in [0.25, 0.3) is 0 Å². The van der Waals surface area contributed by atoms with Crippen LogP contribution in [0.3, 0.4) is 0 Å². The lowest BCUT2D eigenvalue weighted by Gasteiger charge is -2.21. The van der Waals surface area contributed by atoms with Crippen LogP contribution in [0.1, 0.15) is 27.7 Å². The Hall–Kier alpha value is -0.590. The van der Waals surface area contributed by atoms with Crippen LogP contribution in [-0.4, -0.2) is 12.1 Å². The maximum absolute atomic E-state index is 8.45. The van der Waals surface area contributed by atoms with Gasteiger partial charge in [-0.05, 0) is 27.7 Å². The number of nitrogens with zero attached hydrogens (tertiary/aromatic N) is 1. The van der Waals surface area contributed by atoms with Crippen molar-refractivity contribution in [3.8, 4) is 6.07 Å². The largest absolute Gasteiger partial charge is 0.256 e. The van der Waals surface area contributed by atoms with E-state index in [4.69, 9.17) is 5.26 Å². The van der Waals surface area contributed by atoms with E-state index in [0.29, 0.717) is 6.54 Å². The number of rotatable bonds is 3. The van der Waals surface area contributed by atoms with E-state index in [9.17, 15) is 0 Å². The van der Waals surface area contributed by atoms with Gasteiger partial charge in [-0.15, -0.1) is 0 Å². The molecule has 0 spiro atoms. The Kier molecular flexibility index (Phi) is 4.09. The molecule has 0 amide bonds. The quantitative estimate of drug-likeness (QED) is 0.599. The van der Waals surface area contributed by atoms with Gasteiger partial charge in [0, 0.05) is 12.1 Å². The summed E-state index contributed by atoms with van der Waals surface area (Å²) in [5.74, 6) is 0.0600. The molecule has 0 saturated heterocycles. The monoisotopic (exact) mass is 155 g/mol. The highest BCUT2D eigenvalue weighted by Gasteiger charge is 2.08. The van der Waals surface area contributed by atoms with Crippen molar-refractivity contribution >= 4 is 0 Å². The predicted octanol–water partition coefficient (Wildman–Crippen LogP) is 1.04. The standard InChI is InChI=1S/C8H17N3/c1-7(5-9)6-10-11-8(2,3)4/h7,10-11H,6H2,1-4H3. The molecule has 0 aromatic rings. The fourth-order valence-electron chi connectivity index (χ4n) is 0.515. The number of hydrogen-bond acceptors (Lipinski definition) is 3. The molecule has 64 valence electrons. The van der Waals surface area contributed by atoms with E-state index in [-0.39, 0.29) is 11.5 Å². The summed E-state index contributed by atoms with van der Waals surface area (Å²) in [6.07, 6.45) is 0. The Labute approximate surface area is 68.8 Å². The van der Waals surface area contributed by atoms with Crippen LogP contribution in [-0.2, 0) is 0 Å². The van der Waals surface area contributed by atoms with Gasteiger partial charge < -0.3 is 0 Å². The van der Waals surface area contributed by atoms with Crippen molar-refractivity contribution in [1.82, 2.24) is 10.9 Å². The molecule has 11 heavy (non-hydrogen) atoms. The van der Waals surface area contributed by atoms with Gasteiger partial charge in [0.05, 0.1) is 12.0 Å². The van der Waals surface area contributed by atoms with Crippen LogP contribution >= 0.6 is 0 Å². The molecule has 3 nitrogen and oxygen atoms in total. The summed E-state index contributed by atoms with van der Waals surface area (Å²) in [6.45, 7) is 8.77. The first kappa shape index (κ1) is 10.4. The first-order valence-electron chi connectivity index (χ1n) is 3.85. The van der Waals surface area contributed by atoms with Crippen molar-refractivity contribution in [2.24, 2.45) is 5.92 Å². The lowest BCUT2D eigenvalue weighted by Crippen LogP contribution is -2.47. The van der Waals surface area contributed by atoms with Crippen molar-refractivity contribution in [3.63, 3.8) is 0 Å². The van der Waals surface area contributed by atoms with Crippen LogP contribution in [0, 0.1) is 17.2 Å². The predicted molar refractivity (Wildman–Crippen MR) is 45.7 cm³/mol. The molecule has 1 atom stereocenters. The average molecular weight is 155 g/mol. The molecule has 0 aliphatic rings. The third kappa shape index (κ3) is 7.31. The highest BCUT2D eigenvalue weighted by Crippen LogP contribution is 1.95. The van der Waals surface area contributed by atoms with Crippen LogP contribution in [0.15, 0.2) is 0 Å². The third-order valence-electron chi connectivity index (χ3n) is 1.09. The van der Waals surface area contributed by atoms with E-state index in [0.717, 1.165) is 0 Å². The summed E-state index contributed by atoms with van der Waals surface area (Å²) >= 11 is 0. The minimum atomic E-state index is 0.0600. The molecule has 3 heteroatoms. The van der Waals surface area contributed by atoms with Gasteiger partial charge in [-0.3, -0.25) is 10.9 Å². The zero-order valence-corrected chi connectivity index (χ0v) is 7.73. The highest BCUT2D eigenvalue weighted by atomic mass is 15.4. The van der Waals surface area contributed by atoms with Crippen molar-refractivity contribution < 1.29 is 0 Å². The number of nitrogens with one attached hydrogen (secondary N) is 2. The van der Waals surface area contributed by atoms with E-state index < -0.39 is 0 Å². The molecule has 0 aliphatic carbocycles. The molecule has 0 aliphatic heterocycles. The molecule has 2 N–H and O–H groups in total. The zero-order chi connectivity index (χ0) is 8.91. The van der Waals surface area contributed by atoms with Gasteiger partial charge in [0.25, 0.3) is 0 Å². The molecule has 1 unspecified atom stereocenters. The minimum Gasteiger partial charge on any atom is -0.256 e. The van der Waals surface area contributed by atoms with Gasteiger partial charge in [-0.1, -0.05) is 0 Å². The lowest BCUT2D eigenvalue weighted by molar-refractivity contribution is 0.348. The first-order chi connectivity index (χ1) is 4.95. The molecule has 0 bridgehead atoms. The molecule has 0 heterocycles. The van der Waals surface area contributed by atoms with Gasteiger partial charge in [-0.25, -0.2) is 0 Å². The third-order valence-corrected chi connectivity index (χ3v) is 1.09. The second-order valence-corrected chi connectivity index (χ2v) is 3.79. The topological polar surface area (TPSA) is 47.9 Å². The second kappa shape index (κ2) is 4.32. The maximum atomic E-state index is 8.45. The Bertz CT molecular complexity index is 140. The smallest absolute Gasteiger partial charge is 0.0666 e. The van der Waals surface area contributed by atoms with E-state index >= 15 is 0 Å². The minimum absolute atomic E-state index is 0.0600. The van der Waals surface area contributed by atoms with Crippen molar-refractivity contribution in [1.29, 1.82) is 5.26 Å². The van der Waals surface area contributed by atoms with Crippen LogP contribution in [0.5, 0.6) is 0 Å². The Morgan fingerprint density at radius 1 is 1.45 bits per heavy atom. The lowest BCUT2D eigenvalue weighted by atomic mass is 10.1. The van der Waals surface area contributed by atoms with Crippen LogP contribution in [0.4, 0.5) is 0 Å². The number of nitriles is 1. The highest BCUT2D eigenvalue weighted by molar-refractivity contribution is 4.80.